The Morgan fingerprint density at radius 1 is 0.880 bits per heavy atom. The van der Waals surface area contributed by atoms with Crippen LogP contribution in [0.2, 0.25) is 0 Å². The zero-order valence-corrected chi connectivity index (χ0v) is 17.5. The molecule has 25 heavy (non-hydrogen) atoms. The number of rotatable bonds is 9. The number of halogens is 1. The van der Waals surface area contributed by atoms with Crippen LogP contribution in [0, 0.1) is 11.8 Å². The first kappa shape index (κ1) is 20.3. The molecule has 2 rings (SSSR count). The van der Waals surface area contributed by atoms with Gasteiger partial charge < -0.3 is 4.52 Å². The second-order valence-electron chi connectivity index (χ2n) is 7.48. The molecule has 0 spiro atoms. The molecule has 0 radical (unpaired) electrons. The average Bonchev–Trinajstić information content (AvgIpc) is 2.60. The van der Waals surface area contributed by atoms with Gasteiger partial charge in [-0.3, -0.25) is 0 Å². The zero-order valence-electron chi connectivity index (χ0n) is 15.8. The Kier molecular flexibility index (Phi) is 8.27. The smallest absolute Gasteiger partial charge is 0.215 e. The van der Waals surface area contributed by atoms with Crippen LogP contribution in [0.5, 0.6) is 5.75 Å². The van der Waals surface area contributed by atoms with Crippen LogP contribution in [0.1, 0.15) is 51.7 Å². The van der Waals surface area contributed by atoms with Gasteiger partial charge in [0.05, 0.1) is 0 Å². The molecule has 0 amide bonds. The summed E-state index contributed by atoms with van der Waals surface area (Å²) in [5.41, 5.74) is 2.69. The van der Waals surface area contributed by atoms with Gasteiger partial charge >= 0.3 is 0 Å². The van der Waals surface area contributed by atoms with E-state index in [0.29, 0.717) is 5.92 Å². The molecule has 3 heteroatoms. The second kappa shape index (κ2) is 10.2. The first-order valence-corrected chi connectivity index (χ1v) is 11.4. The van der Waals surface area contributed by atoms with Crippen LogP contribution < -0.4 is 9.83 Å². The lowest BCUT2D eigenvalue weighted by Crippen LogP contribution is -2.03. The SMILES string of the molecule is CC(C)CCc1ccc(OP(Cl)c2ccccc2)c(CCC(C)C)c1. The van der Waals surface area contributed by atoms with Crippen LogP contribution in [0.15, 0.2) is 48.5 Å². The fraction of sp³-hybridized carbons (Fsp3) is 0.455. The summed E-state index contributed by atoms with van der Waals surface area (Å²) in [6.45, 7) is 9.08. The van der Waals surface area contributed by atoms with E-state index >= 15 is 0 Å². The topological polar surface area (TPSA) is 9.23 Å². The van der Waals surface area contributed by atoms with E-state index in [4.69, 9.17) is 15.8 Å². The molecular weight excluding hydrogens is 347 g/mol. The van der Waals surface area contributed by atoms with Gasteiger partial charge in [0, 0.05) is 5.30 Å². The van der Waals surface area contributed by atoms with Crippen LogP contribution >= 0.6 is 18.7 Å². The number of hydrogen-bond acceptors (Lipinski definition) is 1. The Morgan fingerprint density at radius 2 is 1.52 bits per heavy atom. The molecule has 136 valence electrons. The lowest BCUT2D eigenvalue weighted by atomic mass is 9.97. The van der Waals surface area contributed by atoms with Crippen molar-refractivity contribution in [2.75, 3.05) is 0 Å². The maximum atomic E-state index is 6.56. The Balaban J connectivity index is 2.16. The minimum absolute atomic E-state index is 0.679. The van der Waals surface area contributed by atoms with Gasteiger partial charge in [-0.1, -0.05) is 70.2 Å². The van der Waals surface area contributed by atoms with Gasteiger partial charge in [0.15, 0.2) is 0 Å². The van der Waals surface area contributed by atoms with Gasteiger partial charge in [-0.05, 0) is 66.0 Å². The number of aryl methyl sites for hydroxylation is 2. The molecule has 0 N–H and O–H groups in total. The molecule has 0 heterocycles. The third-order valence-corrected chi connectivity index (χ3v) is 6.12. The third-order valence-electron chi connectivity index (χ3n) is 4.26. The highest BCUT2D eigenvalue weighted by molar-refractivity contribution is 7.86. The first-order valence-electron chi connectivity index (χ1n) is 9.26. The summed E-state index contributed by atoms with van der Waals surface area (Å²) in [5, 5.41) is 1.05. The summed E-state index contributed by atoms with van der Waals surface area (Å²) in [7, 11) is -1.15. The normalized spacial score (nSPS) is 12.6. The monoisotopic (exact) mass is 376 g/mol. The van der Waals surface area contributed by atoms with E-state index in [9.17, 15) is 0 Å². The lowest BCUT2D eigenvalue weighted by molar-refractivity contribution is 0.565. The molecule has 1 nitrogen and oxygen atoms in total. The Labute approximate surface area is 159 Å². The van der Waals surface area contributed by atoms with Crippen LogP contribution in [-0.2, 0) is 12.8 Å². The van der Waals surface area contributed by atoms with E-state index in [1.54, 1.807) is 0 Å². The molecular formula is C22H30ClOP. The maximum Gasteiger partial charge on any atom is 0.215 e. The van der Waals surface area contributed by atoms with Crippen LogP contribution in [-0.4, -0.2) is 0 Å². The Morgan fingerprint density at radius 3 is 2.16 bits per heavy atom. The Bertz CT molecular complexity index is 640. The van der Waals surface area contributed by atoms with Gasteiger partial charge in [-0.25, -0.2) is 0 Å². The molecule has 2 aromatic carbocycles. The molecule has 2 aromatic rings. The largest absolute Gasteiger partial charge is 0.453 e. The van der Waals surface area contributed by atoms with Gasteiger partial charge in [0.1, 0.15) is 5.75 Å². The second-order valence-corrected chi connectivity index (χ2v) is 9.59. The van der Waals surface area contributed by atoms with Gasteiger partial charge in [0.2, 0.25) is 7.50 Å². The summed E-state index contributed by atoms with van der Waals surface area (Å²) in [4.78, 5) is 0. The summed E-state index contributed by atoms with van der Waals surface area (Å²) in [6.07, 6.45) is 4.55. The van der Waals surface area contributed by atoms with Crippen molar-refractivity contribution in [3.63, 3.8) is 0 Å². The average molecular weight is 377 g/mol. The van der Waals surface area contributed by atoms with Crippen LogP contribution in [0.25, 0.3) is 0 Å². The van der Waals surface area contributed by atoms with Crippen molar-refractivity contribution in [3.05, 3.63) is 59.7 Å². The van der Waals surface area contributed by atoms with E-state index in [-0.39, 0.29) is 0 Å². The highest BCUT2D eigenvalue weighted by Gasteiger charge is 2.14. The van der Waals surface area contributed by atoms with Crippen molar-refractivity contribution in [1.29, 1.82) is 0 Å². The Hall–Kier alpha value is -1.04. The molecule has 0 aliphatic carbocycles. The van der Waals surface area contributed by atoms with E-state index in [0.717, 1.165) is 36.2 Å². The third kappa shape index (κ3) is 7.00. The van der Waals surface area contributed by atoms with E-state index in [1.165, 1.54) is 17.5 Å². The fourth-order valence-corrected chi connectivity index (χ4v) is 4.08. The highest BCUT2D eigenvalue weighted by atomic mass is 35.7. The van der Waals surface area contributed by atoms with Crippen LogP contribution in [0.3, 0.4) is 0 Å². The minimum atomic E-state index is -1.15. The van der Waals surface area contributed by atoms with Gasteiger partial charge in [-0.2, -0.15) is 0 Å². The summed E-state index contributed by atoms with van der Waals surface area (Å²) < 4.78 is 6.17. The van der Waals surface area contributed by atoms with E-state index in [1.807, 2.05) is 30.3 Å². The molecule has 0 fully saturated rings. The lowest BCUT2D eigenvalue weighted by Gasteiger charge is -2.17. The molecule has 0 saturated carbocycles. The maximum absolute atomic E-state index is 6.56. The van der Waals surface area contributed by atoms with Crippen molar-refractivity contribution in [2.24, 2.45) is 11.8 Å². The summed E-state index contributed by atoms with van der Waals surface area (Å²) >= 11 is 6.56. The highest BCUT2D eigenvalue weighted by Crippen LogP contribution is 2.43. The summed E-state index contributed by atoms with van der Waals surface area (Å²) in [5.74, 6) is 2.35. The van der Waals surface area contributed by atoms with Gasteiger partial charge in [0.25, 0.3) is 0 Å². The van der Waals surface area contributed by atoms with Crippen molar-refractivity contribution < 1.29 is 4.52 Å². The van der Waals surface area contributed by atoms with Crippen molar-refractivity contribution >= 4 is 24.0 Å². The van der Waals surface area contributed by atoms with E-state index in [2.05, 4.69) is 45.9 Å². The molecule has 0 saturated heterocycles. The predicted molar refractivity (Wildman–Crippen MR) is 112 cm³/mol. The fourth-order valence-electron chi connectivity index (χ4n) is 2.66. The molecule has 0 aliphatic heterocycles. The van der Waals surface area contributed by atoms with Crippen molar-refractivity contribution in [1.82, 2.24) is 0 Å². The molecule has 0 bridgehead atoms. The van der Waals surface area contributed by atoms with Crippen molar-refractivity contribution in [2.45, 2.75) is 53.4 Å². The molecule has 1 atom stereocenters. The number of benzene rings is 2. The quantitative estimate of drug-likeness (QED) is 0.423. The first-order chi connectivity index (χ1) is 12.0. The zero-order chi connectivity index (χ0) is 18.2. The predicted octanol–water partition coefficient (Wildman–Crippen LogP) is 7.12. The van der Waals surface area contributed by atoms with E-state index < -0.39 is 7.50 Å². The van der Waals surface area contributed by atoms with Gasteiger partial charge in [-0.15, -0.1) is 0 Å². The molecule has 0 aromatic heterocycles. The summed E-state index contributed by atoms with van der Waals surface area (Å²) in [6, 6.07) is 16.7. The minimum Gasteiger partial charge on any atom is -0.453 e. The van der Waals surface area contributed by atoms with Crippen molar-refractivity contribution in [3.8, 4) is 5.75 Å². The standard InChI is InChI=1S/C22H30ClOP/c1-17(2)10-12-19-13-15-22(20(16-19)14-11-18(3)4)24-25(23)21-8-6-5-7-9-21/h5-9,13,15-18H,10-12,14H2,1-4H3. The molecule has 1 unspecified atom stereocenters. The molecule has 0 aliphatic rings. The number of hydrogen-bond donors (Lipinski definition) is 0. The van der Waals surface area contributed by atoms with Crippen LogP contribution in [0.4, 0.5) is 0 Å².